The average Bonchev–Trinajstić information content (AvgIpc) is 2.80. The summed E-state index contributed by atoms with van der Waals surface area (Å²) in [7, 11) is 0. The van der Waals surface area contributed by atoms with Crippen molar-refractivity contribution in [2.75, 3.05) is 31.1 Å². The molecule has 19 heavy (non-hydrogen) atoms. The first-order valence-corrected chi connectivity index (χ1v) is 6.20. The lowest BCUT2D eigenvalue weighted by Crippen LogP contribution is -2.44. The van der Waals surface area contributed by atoms with Crippen LogP contribution in [0.2, 0.25) is 0 Å². The number of carboxylic acid groups (broad SMARTS) is 1. The van der Waals surface area contributed by atoms with Gasteiger partial charge in [0.05, 0.1) is 0 Å². The van der Waals surface area contributed by atoms with Gasteiger partial charge >= 0.3 is 5.97 Å². The molecule has 0 aromatic carbocycles. The number of aryl methyl sites for hydroxylation is 1. The largest absolute Gasteiger partial charge is 0.476 e. The summed E-state index contributed by atoms with van der Waals surface area (Å²) in [6.45, 7) is 5.23. The molecule has 1 saturated heterocycles. The van der Waals surface area contributed by atoms with Gasteiger partial charge in [-0.1, -0.05) is 0 Å². The van der Waals surface area contributed by atoms with Crippen LogP contribution in [0.15, 0.2) is 12.4 Å². The zero-order valence-corrected chi connectivity index (χ0v) is 10.6. The van der Waals surface area contributed by atoms with Crippen LogP contribution in [-0.4, -0.2) is 51.6 Å². The van der Waals surface area contributed by atoms with E-state index in [2.05, 4.69) is 20.2 Å². The molecule has 0 amide bonds. The van der Waals surface area contributed by atoms with E-state index in [0.717, 1.165) is 31.9 Å². The van der Waals surface area contributed by atoms with Crippen LogP contribution in [0.25, 0.3) is 5.65 Å². The minimum atomic E-state index is -1.02. The highest BCUT2D eigenvalue weighted by Crippen LogP contribution is 2.20. The molecule has 2 aromatic rings. The fraction of sp³-hybridized carbons (Fsp3) is 0.417. The average molecular weight is 261 g/mol. The summed E-state index contributed by atoms with van der Waals surface area (Å²) in [5.41, 5.74) is 1.66. The number of piperazine rings is 1. The van der Waals surface area contributed by atoms with Gasteiger partial charge in [-0.2, -0.15) is 0 Å². The molecular formula is C12H15N5O2. The van der Waals surface area contributed by atoms with Crippen LogP contribution in [0.4, 0.5) is 5.82 Å². The van der Waals surface area contributed by atoms with E-state index in [-0.39, 0.29) is 5.69 Å². The standard InChI is InChI=1S/C12H15N5O2/c1-8-6-14-10-11(16-4-2-13-3-5-16)15-9(12(18)19)7-17(8)10/h6-7,13H,2-5H2,1H3,(H,18,19). The lowest BCUT2D eigenvalue weighted by atomic mass is 10.3. The summed E-state index contributed by atoms with van der Waals surface area (Å²) in [5.74, 6) is -0.374. The third-order valence-electron chi connectivity index (χ3n) is 3.30. The van der Waals surface area contributed by atoms with Crippen molar-refractivity contribution in [3.05, 3.63) is 23.8 Å². The van der Waals surface area contributed by atoms with Crippen LogP contribution in [-0.2, 0) is 0 Å². The Balaban J connectivity index is 2.17. The number of hydrogen-bond acceptors (Lipinski definition) is 5. The van der Waals surface area contributed by atoms with Gasteiger partial charge in [0, 0.05) is 44.3 Å². The zero-order valence-electron chi connectivity index (χ0n) is 10.6. The molecule has 0 radical (unpaired) electrons. The van der Waals surface area contributed by atoms with Crippen molar-refractivity contribution in [2.24, 2.45) is 0 Å². The molecular weight excluding hydrogens is 246 g/mol. The molecule has 0 atom stereocenters. The van der Waals surface area contributed by atoms with E-state index in [4.69, 9.17) is 5.11 Å². The van der Waals surface area contributed by atoms with Gasteiger partial charge < -0.3 is 15.3 Å². The summed E-state index contributed by atoms with van der Waals surface area (Å²) >= 11 is 0. The van der Waals surface area contributed by atoms with E-state index in [1.54, 1.807) is 10.6 Å². The normalized spacial score (nSPS) is 15.9. The maximum atomic E-state index is 11.2. The number of fused-ring (bicyclic) bond motifs is 1. The number of aromatic nitrogens is 3. The number of imidazole rings is 1. The van der Waals surface area contributed by atoms with E-state index in [1.807, 2.05) is 6.92 Å². The van der Waals surface area contributed by atoms with Crippen molar-refractivity contribution in [3.8, 4) is 0 Å². The molecule has 0 unspecified atom stereocenters. The number of anilines is 1. The second kappa shape index (κ2) is 4.51. The van der Waals surface area contributed by atoms with Gasteiger partial charge in [-0.05, 0) is 6.92 Å². The molecule has 0 bridgehead atoms. The molecule has 7 heteroatoms. The molecule has 0 aliphatic carbocycles. The number of nitrogens with one attached hydrogen (secondary N) is 1. The molecule has 1 aliphatic heterocycles. The Labute approximate surface area is 109 Å². The molecule has 2 N–H and O–H groups in total. The van der Waals surface area contributed by atoms with E-state index in [1.165, 1.54) is 6.20 Å². The first kappa shape index (κ1) is 11.9. The van der Waals surface area contributed by atoms with Crippen molar-refractivity contribution in [3.63, 3.8) is 0 Å². The number of carbonyl (C=O) groups is 1. The van der Waals surface area contributed by atoms with Crippen LogP contribution in [0.1, 0.15) is 16.2 Å². The lowest BCUT2D eigenvalue weighted by molar-refractivity contribution is 0.0690. The SMILES string of the molecule is Cc1cnc2c(N3CCNCC3)nc(C(=O)O)cn12. The van der Waals surface area contributed by atoms with Crippen LogP contribution < -0.4 is 10.2 Å². The predicted molar refractivity (Wildman–Crippen MR) is 69.8 cm³/mol. The molecule has 0 spiro atoms. The van der Waals surface area contributed by atoms with Crippen molar-refractivity contribution in [2.45, 2.75) is 6.92 Å². The highest BCUT2D eigenvalue weighted by molar-refractivity contribution is 5.86. The molecule has 1 fully saturated rings. The molecule has 3 rings (SSSR count). The van der Waals surface area contributed by atoms with Gasteiger partial charge in [0.15, 0.2) is 17.2 Å². The molecule has 100 valence electrons. The van der Waals surface area contributed by atoms with Gasteiger partial charge in [0.25, 0.3) is 0 Å². The minimum absolute atomic E-state index is 0.0436. The topological polar surface area (TPSA) is 82.8 Å². The van der Waals surface area contributed by atoms with Crippen LogP contribution in [0.3, 0.4) is 0 Å². The number of carboxylic acids is 1. The van der Waals surface area contributed by atoms with Gasteiger partial charge in [0.2, 0.25) is 0 Å². The van der Waals surface area contributed by atoms with Crippen molar-refractivity contribution >= 4 is 17.4 Å². The van der Waals surface area contributed by atoms with Crippen molar-refractivity contribution in [1.82, 2.24) is 19.7 Å². The minimum Gasteiger partial charge on any atom is -0.476 e. The molecule has 2 aromatic heterocycles. The van der Waals surface area contributed by atoms with E-state index < -0.39 is 5.97 Å². The Kier molecular flexibility index (Phi) is 2.83. The second-order valence-electron chi connectivity index (χ2n) is 4.59. The smallest absolute Gasteiger partial charge is 0.356 e. The van der Waals surface area contributed by atoms with Crippen LogP contribution in [0.5, 0.6) is 0 Å². The molecule has 3 heterocycles. The Morgan fingerprint density at radius 1 is 1.42 bits per heavy atom. The number of hydrogen-bond donors (Lipinski definition) is 2. The summed E-state index contributed by atoms with van der Waals surface area (Å²) < 4.78 is 1.79. The van der Waals surface area contributed by atoms with Gasteiger partial charge in [0.1, 0.15) is 0 Å². The fourth-order valence-electron chi connectivity index (χ4n) is 2.28. The Bertz CT molecular complexity index is 630. The van der Waals surface area contributed by atoms with E-state index >= 15 is 0 Å². The quantitative estimate of drug-likeness (QED) is 0.800. The van der Waals surface area contributed by atoms with E-state index in [9.17, 15) is 4.79 Å². The van der Waals surface area contributed by atoms with Crippen molar-refractivity contribution < 1.29 is 9.90 Å². The Morgan fingerprint density at radius 2 is 2.16 bits per heavy atom. The lowest BCUT2D eigenvalue weighted by Gasteiger charge is -2.28. The summed E-state index contributed by atoms with van der Waals surface area (Å²) in [6, 6.07) is 0. The highest BCUT2D eigenvalue weighted by atomic mass is 16.4. The first-order chi connectivity index (χ1) is 9.16. The highest BCUT2D eigenvalue weighted by Gasteiger charge is 2.19. The maximum Gasteiger partial charge on any atom is 0.356 e. The monoisotopic (exact) mass is 261 g/mol. The summed E-state index contributed by atoms with van der Waals surface area (Å²) in [4.78, 5) is 21.9. The van der Waals surface area contributed by atoms with Gasteiger partial charge in [-0.3, -0.25) is 4.40 Å². The fourth-order valence-corrected chi connectivity index (χ4v) is 2.28. The molecule has 1 aliphatic rings. The van der Waals surface area contributed by atoms with Crippen molar-refractivity contribution in [1.29, 1.82) is 0 Å². The third-order valence-corrected chi connectivity index (χ3v) is 3.30. The van der Waals surface area contributed by atoms with Crippen LogP contribution >= 0.6 is 0 Å². The third kappa shape index (κ3) is 2.01. The predicted octanol–water partition coefficient (Wildman–Crippen LogP) is 0.146. The molecule has 0 saturated carbocycles. The summed E-state index contributed by atoms with van der Waals surface area (Å²) in [5, 5.41) is 12.4. The molecule has 7 nitrogen and oxygen atoms in total. The zero-order chi connectivity index (χ0) is 13.4. The van der Waals surface area contributed by atoms with Gasteiger partial charge in [-0.15, -0.1) is 0 Å². The first-order valence-electron chi connectivity index (χ1n) is 6.20. The maximum absolute atomic E-state index is 11.2. The van der Waals surface area contributed by atoms with E-state index in [0.29, 0.717) is 11.5 Å². The number of rotatable bonds is 2. The second-order valence-corrected chi connectivity index (χ2v) is 4.59. The summed E-state index contributed by atoms with van der Waals surface area (Å²) in [6.07, 6.45) is 3.25. The van der Waals surface area contributed by atoms with Crippen LogP contribution in [0, 0.1) is 6.92 Å². The number of nitrogens with zero attached hydrogens (tertiary/aromatic N) is 4. The number of aromatic carboxylic acids is 1. The van der Waals surface area contributed by atoms with Gasteiger partial charge in [-0.25, -0.2) is 14.8 Å². The Hall–Kier alpha value is -2.15. The Morgan fingerprint density at radius 3 is 2.84 bits per heavy atom.